The van der Waals surface area contributed by atoms with Crippen LogP contribution in [0.15, 0.2) is 23.7 Å². The van der Waals surface area contributed by atoms with Crippen molar-refractivity contribution < 1.29 is 13.2 Å². The van der Waals surface area contributed by atoms with Gasteiger partial charge in [-0.1, -0.05) is 23.0 Å². The number of rotatable bonds is 4. The molecule has 0 radical (unpaired) electrons. The minimum absolute atomic E-state index is 0.222. The zero-order valence-corrected chi connectivity index (χ0v) is 12.4. The maximum absolute atomic E-state index is 12.2. The normalized spacial score (nSPS) is 11.1. The van der Waals surface area contributed by atoms with E-state index in [-0.39, 0.29) is 11.3 Å². The van der Waals surface area contributed by atoms with Crippen LogP contribution in [0.1, 0.15) is 15.9 Å². The average Bonchev–Trinajstić information content (AvgIpc) is 2.82. The SMILES string of the molecule is Cc1ccc(NS(C)(=O)=O)c(C(=O)Nc2nncs2)c1. The summed E-state index contributed by atoms with van der Waals surface area (Å²) in [5.41, 5.74) is 2.78. The van der Waals surface area contributed by atoms with Crippen LogP contribution in [0.5, 0.6) is 0 Å². The highest BCUT2D eigenvalue weighted by Crippen LogP contribution is 2.20. The molecule has 0 aliphatic heterocycles. The van der Waals surface area contributed by atoms with Gasteiger partial charge in [0.15, 0.2) is 0 Å². The predicted molar refractivity (Wildman–Crippen MR) is 77.5 cm³/mol. The van der Waals surface area contributed by atoms with Crippen LogP contribution in [0.4, 0.5) is 10.8 Å². The molecule has 0 aliphatic rings. The van der Waals surface area contributed by atoms with Crippen molar-refractivity contribution in [2.45, 2.75) is 6.92 Å². The number of nitrogens with one attached hydrogen (secondary N) is 2. The van der Waals surface area contributed by atoms with Crippen molar-refractivity contribution in [2.75, 3.05) is 16.3 Å². The van der Waals surface area contributed by atoms with Crippen molar-refractivity contribution in [1.29, 1.82) is 0 Å². The van der Waals surface area contributed by atoms with Crippen LogP contribution in [-0.2, 0) is 10.0 Å². The van der Waals surface area contributed by atoms with Crippen LogP contribution < -0.4 is 10.0 Å². The van der Waals surface area contributed by atoms with Gasteiger partial charge in [-0.15, -0.1) is 10.2 Å². The molecule has 1 amide bonds. The number of amides is 1. The fourth-order valence-electron chi connectivity index (χ4n) is 1.53. The van der Waals surface area contributed by atoms with Gasteiger partial charge in [0.1, 0.15) is 5.51 Å². The first-order valence-electron chi connectivity index (χ1n) is 5.51. The molecule has 9 heteroatoms. The van der Waals surface area contributed by atoms with Crippen molar-refractivity contribution in [1.82, 2.24) is 10.2 Å². The molecule has 0 saturated heterocycles. The molecule has 0 bridgehead atoms. The van der Waals surface area contributed by atoms with E-state index in [1.54, 1.807) is 18.2 Å². The summed E-state index contributed by atoms with van der Waals surface area (Å²) >= 11 is 1.18. The van der Waals surface area contributed by atoms with E-state index in [9.17, 15) is 13.2 Å². The number of benzene rings is 1. The molecule has 1 heterocycles. The van der Waals surface area contributed by atoms with Crippen LogP contribution in [-0.4, -0.2) is 30.8 Å². The molecule has 0 saturated carbocycles. The average molecular weight is 312 g/mol. The molecule has 0 atom stereocenters. The number of aryl methyl sites for hydroxylation is 1. The Balaban J connectivity index is 2.33. The number of sulfonamides is 1. The largest absolute Gasteiger partial charge is 0.296 e. The highest BCUT2D eigenvalue weighted by atomic mass is 32.2. The minimum atomic E-state index is -3.46. The first-order valence-corrected chi connectivity index (χ1v) is 8.28. The molecule has 0 spiro atoms. The molecule has 2 aromatic rings. The number of hydrogen-bond donors (Lipinski definition) is 2. The van der Waals surface area contributed by atoms with E-state index in [1.165, 1.54) is 16.8 Å². The van der Waals surface area contributed by atoms with Crippen molar-refractivity contribution in [3.05, 3.63) is 34.8 Å². The van der Waals surface area contributed by atoms with Gasteiger partial charge in [-0.05, 0) is 19.1 Å². The summed E-state index contributed by atoms with van der Waals surface area (Å²) in [6, 6.07) is 4.87. The van der Waals surface area contributed by atoms with E-state index in [2.05, 4.69) is 20.2 Å². The van der Waals surface area contributed by atoms with Gasteiger partial charge >= 0.3 is 0 Å². The molecule has 2 N–H and O–H groups in total. The number of anilines is 2. The molecular formula is C11H12N4O3S2. The third-order valence-corrected chi connectivity index (χ3v) is 3.49. The van der Waals surface area contributed by atoms with Gasteiger partial charge in [0.2, 0.25) is 15.2 Å². The third kappa shape index (κ3) is 3.75. The van der Waals surface area contributed by atoms with E-state index >= 15 is 0 Å². The Morgan fingerprint density at radius 1 is 1.35 bits per heavy atom. The van der Waals surface area contributed by atoms with Crippen molar-refractivity contribution >= 4 is 38.1 Å². The lowest BCUT2D eigenvalue weighted by Gasteiger charge is -2.10. The summed E-state index contributed by atoms with van der Waals surface area (Å²) < 4.78 is 24.9. The molecule has 0 aliphatic carbocycles. The molecule has 0 fully saturated rings. The maximum atomic E-state index is 12.2. The maximum Gasteiger partial charge on any atom is 0.259 e. The molecule has 1 aromatic carbocycles. The van der Waals surface area contributed by atoms with Gasteiger partial charge in [0, 0.05) is 0 Å². The highest BCUT2D eigenvalue weighted by molar-refractivity contribution is 7.92. The Hall–Kier alpha value is -2.00. The Morgan fingerprint density at radius 2 is 2.10 bits per heavy atom. The first kappa shape index (κ1) is 14.4. The number of carbonyl (C=O) groups is 1. The Morgan fingerprint density at radius 3 is 2.70 bits per heavy atom. The summed E-state index contributed by atoms with van der Waals surface area (Å²) in [5.74, 6) is -0.448. The second-order valence-corrected chi connectivity index (χ2v) is 6.70. The van der Waals surface area contributed by atoms with Gasteiger partial charge in [-0.3, -0.25) is 14.8 Å². The number of nitrogens with zero attached hydrogens (tertiary/aromatic N) is 2. The van der Waals surface area contributed by atoms with E-state index in [1.807, 2.05) is 6.92 Å². The van der Waals surface area contributed by atoms with Gasteiger partial charge in [-0.2, -0.15) is 0 Å². The van der Waals surface area contributed by atoms with Crippen LogP contribution in [0.3, 0.4) is 0 Å². The first-order chi connectivity index (χ1) is 9.35. The highest BCUT2D eigenvalue weighted by Gasteiger charge is 2.15. The topological polar surface area (TPSA) is 101 Å². The second-order valence-electron chi connectivity index (χ2n) is 4.12. The lowest BCUT2D eigenvalue weighted by molar-refractivity contribution is 0.102. The zero-order valence-electron chi connectivity index (χ0n) is 10.7. The van der Waals surface area contributed by atoms with Gasteiger partial charge in [0.05, 0.1) is 17.5 Å². The fraction of sp³-hybridized carbons (Fsp3) is 0.182. The van der Waals surface area contributed by atoms with Crippen LogP contribution >= 0.6 is 11.3 Å². The number of hydrogen-bond acceptors (Lipinski definition) is 6. The molecule has 0 unspecified atom stereocenters. The molecule has 106 valence electrons. The number of carbonyl (C=O) groups excluding carboxylic acids is 1. The third-order valence-electron chi connectivity index (χ3n) is 2.30. The monoisotopic (exact) mass is 312 g/mol. The fourth-order valence-corrected chi connectivity index (χ4v) is 2.54. The molecule has 20 heavy (non-hydrogen) atoms. The van der Waals surface area contributed by atoms with Crippen molar-refractivity contribution in [2.24, 2.45) is 0 Å². The van der Waals surface area contributed by atoms with Gasteiger partial charge in [-0.25, -0.2) is 8.42 Å². The summed E-state index contributed by atoms with van der Waals surface area (Å²) in [6.07, 6.45) is 1.03. The van der Waals surface area contributed by atoms with Crippen molar-refractivity contribution in [3.63, 3.8) is 0 Å². The summed E-state index contributed by atoms with van der Waals surface area (Å²) in [4.78, 5) is 12.2. The molecular weight excluding hydrogens is 300 g/mol. The van der Waals surface area contributed by atoms with Gasteiger partial charge in [0.25, 0.3) is 5.91 Å². The Bertz CT molecular complexity index is 726. The minimum Gasteiger partial charge on any atom is -0.296 e. The van der Waals surface area contributed by atoms with E-state index in [0.717, 1.165) is 11.8 Å². The lowest BCUT2D eigenvalue weighted by atomic mass is 10.1. The number of aromatic nitrogens is 2. The smallest absolute Gasteiger partial charge is 0.259 e. The predicted octanol–water partition coefficient (Wildman–Crippen LogP) is 1.47. The Labute approximate surface area is 120 Å². The molecule has 2 rings (SSSR count). The second kappa shape index (κ2) is 5.55. The lowest BCUT2D eigenvalue weighted by Crippen LogP contribution is -2.17. The zero-order chi connectivity index (χ0) is 14.8. The van der Waals surface area contributed by atoms with E-state index in [4.69, 9.17) is 0 Å². The summed E-state index contributed by atoms with van der Waals surface area (Å²) in [7, 11) is -3.46. The van der Waals surface area contributed by atoms with Crippen LogP contribution in [0.2, 0.25) is 0 Å². The van der Waals surface area contributed by atoms with Crippen LogP contribution in [0.25, 0.3) is 0 Å². The standard InChI is InChI=1S/C11H12N4O3S2/c1-7-3-4-9(15-20(2,17)18)8(5-7)10(16)13-11-14-12-6-19-11/h3-6,15H,1-2H3,(H,13,14,16). The van der Waals surface area contributed by atoms with Crippen LogP contribution in [0, 0.1) is 6.92 Å². The summed E-state index contributed by atoms with van der Waals surface area (Å²) in [6.45, 7) is 1.81. The van der Waals surface area contributed by atoms with E-state index in [0.29, 0.717) is 5.13 Å². The van der Waals surface area contributed by atoms with Gasteiger partial charge < -0.3 is 0 Å². The molecule has 7 nitrogen and oxygen atoms in total. The van der Waals surface area contributed by atoms with E-state index < -0.39 is 15.9 Å². The Kier molecular flexibility index (Phi) is 4.00. The molecule has 1 aromatic heterocycles. The summed E-state index contributed by atoms with van der Waals surface area (Å²) in [5, 5.41) is 10.2. The quantitative estimate of drug-likeness (QED) is 0.890. The van der Waals surface area contributed by atoms with Crippen molar-refractivity contribution in [3.8, 4) is 0 Å².